The summed E-state index contributed by atoms with van der Waals surface area (Å²) in [5.74, 6) is 1.85. The van der Waals surface area contributed by atoms with Crippen LogP contribution in [-0.4, -0.2) is 29.3 Å². The molecule has 0 aromatic carbocycles. The van der Waals surface area contributed by atoms with Crippen molar-refractivity contribution >= 4 is 12.6 Å². The molecule has 0 aromatic heterocycles. The van der Waals surface area contributed by atoms with Crippen molar-refractivity contribution in [1.82, 2.24) is 4.90 Å². The minimum atomic E-state index is 0.799. The van der Waals surface area contributed by atoms with Crippen molar-refractivity contribution in [3.63, 3.8) is 0 Å². The molecule has 15 heavy (non-hydrogen) atoms. The quantitative estimate of drug-likeness (QED) is 0.681. The smallest absolute Gasteiger partial charge is 0.00961 e. The second kappa shape index (κ2) is 6.80. The maximum absolute atomic E-state index is 4.48. The van der Waals surface area contributed by atoms with Gasteiger partial charge in [-0.2, -0.15) is 12.6 Å². The fourth-order valence-electron chi connectivity index (χ4n) is 2.84. The average molecular weight is 229 g/mol. The van der Waals surface area contributed by atoms with Crippen LogP contribution in [0, 0.1) is 5.92 Å². The van der Waals surface area contributed by atoms with E-state index in [9.17, 15) is 0 Å². The van der Waals surface area contributed by atoms with Gasteiger partial charge in [0.1, 0.15) is 0 Å². The molecule has 0 N–H and O–H groups in total. The van der Waals surface area contributed by atoms with E-state index in [1.165, 1.54) is 38.6 Å². The Morgan fingerprint density at radius 3 is 2.60 bits per heavy atom. The largest absolute Gasteiger partial charge is 0.297 e. The van der Waals surface area contributed by atoms with Crippen LogP contribution in [0.4, 0.5) is 0 Å². The lowest BCUT2D eigenvalue weighted by atomic mass is 10.0. The molecule has 0 aromatic rings. The monoisotopic (exact) mass is 229 g/mol. The zero-order valence-electron chi connectivity index (χ0n) is 10.6. The molecule has 0 bridgehead atoms. The summed E-state index contributed by atoms with van der Waals surface area (Å²) < 4.78 is 0. The Bertz CT molecular complexity index is 172. The van der Waals surface area contributed by atoms with E-state index in [1.807, 2.05) is 0 Å². The zero-order chi connectivity index (χ0) is 11.3. The number of likely N-dealkylation sites (tertiary alicyclic amines) is 1. The lowest BCUT2D eigenvalue weighted by molar-refractivity contribution is 0.169. The van der Waals surface area contributed by atoms with E-state index in [2.05, 4.69) is 38.3 Å². The Balaban J connectivity index is 2.45. The highest BCUT2D eigenvalue weighted by molar-refractivity contribution is 7.80. The van der Waals surface area contributed by atoms with E-state index in [-0.39, 0.29) is 0 Å². The van der Waals surface area contributed by atoms with Gasteiger partial charge >= 0.3 is 0 Å². The molecule has 0 radical (unpaired) electrons. The molecule has 1 aliphatic rings. The molecule has 2 heteroatoms. The second-order valence-corrected chi connectivity index (χ2v) is 5.39. The minimum absolute atomic E-state index is 0.799. The van der Waals surface area contributed by atoms with Crippen LogP contribution in [-0.2, 0) is 0 Å². The topological polar surface area (TPSA) is 3.24 Å². The van der Waals surface area contributed by atoms with Crippen molar-refractivity contribution < 1.29 is 0 Å². The van der Waals surface area contributed by atoms with Gasteiger partial charge in [-0.25, -0.2) is 0 Å². The first-order valence-electron chi connectivity index (χ1n) is 6.59. The third kappa shape index (κ3) is 3.67. The van der Waals surface area contributed by atoms with Crippen LogP contribution in [0.5, 0.6) is 0 Å². The van der Waals surface area contributed by atoms with Crippen molar-refractivity contribution in [2.24, 2.45) is 5.92 Å². The molecule has 1 rings (SSSR count). The highest BCUT2D eigenvalue weighted by atomic mass is 32.1. The first-order chi connectivity index (χ1) is 7.22. The number of thiol groups is 1. The van der Waals surface area contributed by atoms with Crippen molar-refractivity contribution in [3.05, 3.63) is 0 Å². The van der Waals surface area contributed by atoms with Gasteiger partial charge < -0.3 is 0 Å². The summed E-state index contributed by atoms with van der Waals surface area (Å²) in [5.41, 5.74) is 0. The van der Waals surface area contributed by atoms with E-state index in [4.69, 9.17) is 0 Å². The van der Waals surface area contributed by atoms with Crippen LogP contribution in [0.15, 0.2) is 0 Å². The third-order valence-electron chi connectivity index (χ3n) is 3.85. The maximum Gasteiger partial charge on any atom is 0.00961 e. The Hall–Kier alpha value is 0.310. The van der Waals surface area contributed by atoms with Crippen molar-refractivity contribution in [1.29, 1.82) is 0 Å². The van der Waals surface area contributed by atoms with E-state index >= 15 is 0 Å². The SMILES string of the molecule is CCCC(CS)CN1C(C)CCC1CC. The molecule has 3 atom stereocenters. The van der Waals surface area contributed by atoms with Crippen LogP contribution < -0.4 is 0 Å². The standard InChI is InChI=1S/C13H27NS/c1-4-6-12(10-15)9-14-11(3)7-8-13(14)5-2/h11-13,15H,4-10H2,1-3H3. The molecule has 3 unspecified atom stereocenters. The third-order valence-corrected chi connectivity index (χ3v) is 4.36. The van der Waals surface area contributed by atoms with Gasteiger partial charge in [0.2, 0.25) is 0 Å². The predicted octanol–water partition coefficient (Wildman–Crippen LogP) is 3.60. The van der Waals surface area contributed by atoms with E-state index < -0.39 is 0 Å². The maximum atomic E-state index is 4.48. The fraction of sp³-hybridized carbons (Fsp3) is 1.00. The average Bonchev–Trinajstić information content (AvgIpc) is 2.59. The van der Waals surface area contributed by atoms with Gasteiger partial charge in [0.25, 0.3) is 0 Å². The highest BCUT2D eigenvalue weighted by Crippen LogP contribution is 2.27. The van der Waals surface area contributed by atoms with Gasteiger partial charge in [-0.15, -0.1) is 0 Å². The summed E-state index contributed by atoms with van der Waals surface area (Å²) in [5, 5.41) is 0. The molecule has 1 fully saturated rings. The molecule has 1 saturated heterocycles. The number of hydrogen-bond acceptors (Lipinski definition) is 2. The minimum Gasteiger partial charge on any atom is -0.297 e. The summed E-state index contributed by atoms with van der Waals surface area (Å²) >= 11 is 4.48. The molecular weight excluding hydrogens is 202 g/mol. The van der Waals surface area contributed by atoms with Gasteiger partial charge in [-0.3, -0.25) is 4.90 Å². The second-order valence-electron chi connectivity index (χ2n) is 5.02. The van der Waals surface area contributed by atoms with Gasteiger partial charge in [-0.1, -0.05) is 20.3 Å². The van der Waals surface area contributed by atoms with Crippen LogP contribution in [0.25, 0.3) is 0 Å². The summed E-state index contributed by atoms with van der Waals surface area (Å²) in [4.78, 5) is 2.73. The first kappa shape index (κ1) is 13.4. The predicted molar refractivity (Wildman–Crippen MR) is 71.7 cm³/mol. The number of nitrogens with zero attached hydrogens (tertiary/aromatic N) is 1. The Morgan fingerprint density at radius 1 is 1.33 bits per heavy atom. The van der Waals surface area contributed by atoms with Crippen LogP contribution in [0.1, 0.15) is 52.9 Å². The van der Waals surface area contributed by atoms with Gasteiger partial charge in [0, 0.05) is 18.6 Å². The summed E-state index contributed by atoms with van der Waals surface area (Å²) in [6, 6.07) is 1.65. The van der Waals surface area contributed by atoms with Crippen molar-refractivity contribution in [2.45, 2.75) is 65.0 Å². The Morgan fingerprint density at radius 2 is 2.07 bits per heavy atom. The number of hydrogen-bond donors (Lipinski definition) is 1. The van der Waals surface area contributed by atoms with Crippen molar-refractivity contribution in [2.75, 3.05) is 12.3 Å². The number of rotatable bonds is 6. The molecule has 0 aliphatic carbocycles. The van der Waals surface area contributed by atoms with E-state index in [1.54, 1.807) is 0 Å². The summed E-state index contributed by atoms with van der Waals surface area (Å²) in [7, 11) is 0. The van der Waals surface area contributed by atoms with Gasteiger partial charge in [0.15, 0.2) is 0 Å². The van der Waals surface area contributed by atoms with Gasteiger partial charge in [-0.05, 0) is 44.3 Å². The van der Waals surface area contributed by atoms with E-state index in [0.29, 0.717) is 0 Å². The molecular formula is C13H27NS. The lowest BCUT2D eigenvalue weighted by Gasteiger charge is -2.31. The molecule has 1 heterocycles. The van der Waals surface area contributed by atoms with Crippen LogP contribution in [0.2, 0.25) is 0 Å². The molecule has 0 amide bonds. The molecule has 0 spiro atoms. The molecule has 1 aliphatic heterocycles. The fourth-order valence-corrected chi connectivity index (χ4v) is 3.14. The zero-order valence-corrected chi connectivity index (χ0v) is 11.5. The highest BCUT2D eigenvalue weighted by Gasteiger charge is 2.30. The van der Waals surface area contributed by atoms with Crippen LogP contribution in [0.3, 0.4) is 0 Å². The normalized spacial score (nSPS) is 29.6. The summed E-state index contributed by atoms with van der Waals surface area (Å²) in [6.07, 6.45) is 6.75. The van der Waals surface area contributed by atoms with Crippen LogP contribution >= 0.6 is 12.6 Å². The summed E-state index contributed by atoms with van der Waals surface area (Å²) in [6.45, 7) is 8.26. The van der Waals surface area contributed by atoms with Crippen molar-refractivity contribution in [3.8, 4) is 0 Å². The Kier molecular flexibility index (Phi) is 6.06. The Labute approximate surface area is 101 Å². The first-order valence-corrected chi connectivity index (χ1v) is 7.22. The molecule has 0 saturated carbocycles. The molecule has 1 nitrogen and oxygen atoms in total. The molecule has 90 valence electrons. The van der Waals surface area contributed by atoms with Gasteiger partial charge in [0.05, 0.1) is 0 Å². The lowest BCUT2D eigenvalue weighted by Crippen LogP contribution is -2.38. The van der Waals surface area contributed by atoms with E-state index in [0.717, 1.165) is 23.8 Å².